The van der Waals surface area contributed by atoms with Crippen molar-refractivity contribution in [3.63, 3.8) is 0 Å². The van der Waals surface area contributed by atoms with Gasteiger partial charge in [-0.15, -0.1) is 0 Å². The summed E-state index contributed by atoms with van der Waals surface area (Å²) in [7, 11) is 0. The third kappa shape index (κ3) is 6.20. The number of benzene rings is 2. The van der Waals surface area contributed by atoms with Gasteiger partial charge in [0.05, 0.1) is 6.20 Å². The van der Waals surface area contributed by atoms with E-state index < -0.39 is 0 Å². The van der Waals surface area contributed by atoms with Gasteiger partial charge in [-0.3, -0.25) is 0 Å². The first-order valence-electron chi connectivity index (χ1n) is 11.6. The fourth-order valence-electron chi connectivity index (χ4n) is 4.45. The molecule has 1 aromatic heterocycles. The second-order valence-electron chi connectivity index (χ2n) is 8.70. The fraction of sp³-hybridized carbons (Fsp3) is 0.385. The Labute approximate surface area is 189 Å². The SMILES string of the molecule is CC(CC1CCCCC1)NCc1ccccc1NC(=O)Nc1ccc(-c2cnco2)cc1. The van der Waals surface area contributed by atoms with Gasteiger partial charge in [-0.05, 0) is 55.2 Å². The van der Waals surface area contributed by atoms with E-state index in [1.807, 2.05) is 42.5 Å². The summed E-state index contributed by atoms with van der Waals surface area (Å²) >= 11 is 0. The molecule has 6 nitrogen and oxygen atoms in total. The van der Waals surface area contributed by atoms with Crippen molar-refractivity contribution in [3.05, 3.63) is 66.7 Å². The molecule has 1 saturated carbocycles. The number of hydrogen-bond donors (Lipinski definition) is 3. The number of amides is 2. The van der Waals surface area contributed by atoms with Gasteiger partial charge in [0, 0.05) is 29.5 Å². The minimum Gasteiger partial charge on any atom is -0.444 e. The molecule has 0 bridgehead atoms. The van der Waals surface area contributed by atoms with Crippen molar-refractivity contribution in [2.75, 3.05) is 10.6 Å². The summed E-state index contributed by atoms with van der Waals surface area (Å²) in [6, 6.07) is 15.6. The average Bonchev–Trinajstić information content (AvgIpc) is 3.35. The number of urea groups is 1. The molecule has 1 unspecified atom stereocenters. The molecular formula is C26H32N4O2. The molecule has 1 aliphatic carbocycles. The average molecular weight is 433 g/mol. The summed E-state index contributed by atoms with van der Waals surface area (Å²) < 4.78 is 5.30. The van der Waals surface area contributed by atoms with Gasteiger partial charge < -0.3 is 20.4 Å². The Balaban J connectivity index is 1.29. The quantitative estimate of drug-likeness (QED) is 0.383. The van der Waals surface area contributed by atoms with Crippen LogP contribution in [-0.4, -0.2) is 17.1 Å². The number of carbonyl (C=O) groups is 1. The predicted molar refractivity (Wildman–Crippen MR) is 129 cm³/mol. The van der Waals surface area contributed by atoms with E-state index >= 15 is 0 Å². The van der Waals surface area contributed by atoms with E-state index in [1.54, 1.807) is 6.20 Å². The Morgan fingerprint density at radius 3 is 2.59 bits per heavy atom. The maximum absolute atomic E-state index is 12.6. The largest absolute Gasteiger partial charge is 0.444 e. The molecule has 0 saturated heterocycles. The van der Waals surface area contributed by atoms with Gasteiger partial charge >= 0.3 is 6.03 Å². The van der Waals surface area contributed by atoms with E-state index in [0.717, 1.165) is 29.3 Å². The Morgan fingerprint density at radius 1 is 1.06 bits per heavy atom. The molecule has 168 valence electrons. The van der Waals surface area contributed by atoms with Crippen molar-refractivity contribution in [1.82, 2.24) is 10.3 Å². The summed E-state index contributed by atoms with van der Waals surface area (Å²) in [4.78, 5) is 16.5. The minimum absolute atomic E-state index is 0.264. The van der Waals surface area contributed by atoms with Crippen LogP contribution in [0.1, 0.15) is 51.0 Å². The standard InChI is InChI=1S/C26H32N4O2/c1-19(15-20-7-3-2-4-8-20)28-16-22-9-5-6-10-24(22)30-26(31)29-23-13-11-21(12-14-23)25-17-27-18-32-25/h5-6,9-14,17-20,28H,2-4,7-8,15-16H2,1H3,(H2,29,30,31). The number of carbonyl (C=O) groups excluding carboxylic acids is 1. The third-order valence-corrected chi connectivity index (χ3v) is 6.18. The number of rotatable bonds is 8. The molecular weight excluding hydrogens is 400 g/mol. The van der Waals surface area contributed by atoms with Gasteiger partial charge in [0.1, 0.15) is 0 Å². The molecule has 0 aliphatic heterocycles. The summed E-state index contributed by atoms with van der Waals surface area (Å²) in [6.07, 6.45) is 11.2. The first-order chi connectivity index (χ1) is 15.7. The van der Waals surface area contributed by atoms with Gasteiger partial charge in [0.25, 0.3) is 0 Å². The van der Waals surface area contributed by atoms with Gasteiger partial charge in [0.2, 0.25) is 0 Å². The van der Waals surface area contributed by atoms with Crippen LogP contribution in [0.15, 0.2) is 65.5 Å². The zero-order chi connectivity index (χ0) is 22.2. The zero-order valence-corrected chi connectivity index (χ0v) is 18.6. The number of hydrogen-bond acceptors (Lipinski definition) is 4. The lowest BCUT2D eigenvalue weighted by Gasteiger charge is -2.25. The van der Waals surface area contributed by atoms with Crippen LogP contribution in [0, 0.1) is 5.92 Å². The number of anilines is 2. The number of aromatic nitrogens is 1. The maximum Gasteiger partial charge on any atom is 0.323 e. The lowest BCUT2D eigenvalue weighted by atomic mass is 9.85. The first kappa shape index (κ1) is 22.1. The molecule has 2 amide bonds. The van der Waals surface area contributed by atoms with Crippen molar-refractivity contribution in [3.8, 4) is 11.3 Å². The van der Waals surface area contributed by atoms with Gasteiger partial charge in [0.15, 0.2) is 12.2 Å². The van der Waals surface area contributed by atoms with E-state index in [-0.39, 0.29) is 6.03 Å². The monoisotopic (exact) mass is 432 g/mol. The van der Waals surface area contributed by atoms with Crippen LogP contribution in [0.4, 0.5) is 16.2 Å². The Hall–Kier alpha value is -3.12. The molecule has 3 N–H and O–H groups in total. The molecule has 1 atom stereocenters. The Bertz CT molecular complexity index is 979. The lowest BCUT2D eigenvalue weighted by molar-refractivity contribution is 0.262. The molecule has 0 radical (unpaired) electrons. The topological polar surface area (TPSA) is 79.2 Å². The fourth-order valence-corrected chi connectivity index (χ4v) is 4.45. The van der Waals surface area contributed by atoms with Crippen molar-refractivity contribution in [1.29, 1.82) is 0 Å². The van der Waals surface area contributed by atoms with E-state index in [4.69, 9.17) is 4.42 Å². The van der Waals surface area contributed by atoms with E-state index in [1.165, 1.54) is 44.9 Å². The first-order valence-corrected chi connectivity index (χ1v) is 11.6. The van der Waals surface area contributed by atoms with Gasteiger partial charge in [-0.2, -0.15) is 0 Å². The molecule has 4 rings (SSSR count). The molecule has 2 aromatic carbocycles. The highest BCUT2D eigenvalue weighted by atomic mass is 16.3. The highest BCUT2D eigenvalue weighted by Crippen LogP contribution is 2.27. The summed E-state index contributed by atoms with van der Waals surface area (Å²) in [5, 5.41) is 9.52. The molecule has 3 aromatic rings. The molecule has 32 heavy (non-hydrogen) atoms. The van der Waals surface area contributed by atoms with E-state index in [2.05, 4.69) is 33.9 Å². The highest BCUT2D eigenvalue weighted by Gasteiger charge is 2.16. The van der Waals surface area contributed by atoms with Crippen LogP contribution in [0.5, 0.6) is 0 Å². The van der Waals surface area contributed by atoms with Crippen molar-refractivity contribution < 1.29 is 9.21 Å². The number of para-hydroxylation sites is 1. The minimum atomic E-state index is -0.264. The van der Waals surface area contributed by atoms with Crippen LogP contribution in [-0.2, 0) is 6.54 Å². The predicted octanol–water partition coefficient (Wildman–Crippen LogP) is 6.43. The Morgan fingerprint density at radius 2 is 1.84 bits per heavy atom. The van der Waals surface area contributed by atoms with Crippen molar-refractivity contribution in [2.24, 2.45) is 5.92 Å². The molecule has 0 spiro atoms. The van der Waals surface area contributed by atoms with Gasteiger partial charge in [-0.25, -0.2) is 9.78 Å². The van der Waals surface area contributed by atoms with E-state index in [0.29, 0.717) is 17.5 Å². The molecule has 1 fully saturated rings. The molecule has 1 aliphatic rings. The summed E-state index contributed by atoms with van der Waals surface area (Å²) in [5.41, 5.74) is 3.52. The summed E-state index contributed by atoms with van der Waals surface area (Å²) in [6.45, 7) is 3.00. The lowest BCUT2D eigenvalue weighted by Crippen LogP contribution is -2.29. The second kappa shape index (κ2) is 11.0. The summed E-state index contributed by atoms with van der Waals surface area (Å²) in [5.74, 6) is 1.54. The van der Waals surface area contributed by atoms with Crippen LogP contribution in [0.25, 0.3) is 11.3 Å². The normalized spacial score (nSPS) is 15.3. The number of nitrogens with zero attached hydrogens (tertiary/aromatic N) is 1. The second-order valence-corrected chi connectivity index (χ2v) is 8.70. The van der Waals surface area contributed by atoms with Crippen LogP contribution < -0.4 is 16.0 Å². The van der Waals surface area contributed by atoms with Crippen molar-refractivity contribution >= 4 is 17.4 Å². The van der Waals surface area contributed by atoms with Crippen LogP contribution in [0.2, 0.25) is 0 Å². The molecule has 1 heterocycles. The number of nitrogens with one attached hydrogen (secondary N) is 3. The zero-order valence-electron chi connectivity index (χ0n) is 18.6. The third-order valence-electron chi connectivity index (χ3n) is 6.18. The van der Waals surface area contributed by atoms with E-state index in [9.17, 15) is 4.79 Å². The van der Waals surface area contributed by atoms with Crippen LogP contribution >= 0.6 is 0 Å². The smallest absolute Gasteiger partial charge is 0.323 e. The van der Waals surface area contributed by atoms with Gasteiger partial charge in [-0.1, -0.05) is 50.3 Å². The molecule has 6 heteroatoms. The van der Waals surface area contributed by atoms with Crippen molar-refractivity contribution in [2.45, 2.75) is 58.0 Å². The highest BCUT2D eigenvalue weighted by molar-refractivity contribution is 6.00. The number of oxazole rings is 1. The van der Waals surface area contributed by atoms with Crippen LogP contribution in [0.3, 0.4) is 0 Å². The maximum atomic E-state index is 12.6. The Kier molecular flexibility index (Phi) is 7.56.